The summed E-state index contributed by atoms with van der Waals surface area (Å²) in [6, 6.07) is 25.3. The molecule has 44 heavy (non-hydrogen) atoms. The van der Waals surface area contributed by atoms with Gasteiger partial charge in [0.2, 0.25) is 21.8 Å². The molecule has 1 saturated heterocycles. The van der Waals surface area contributed by atoms with Gasteiger partial charge in [-0.2, -0.15) is 4.31 Å². The molecule has 1 atom stereocenters. The van der Waals surface area contributed by atoms with Crippen LogP contribution < -0.4 is 5.32 Å². The van der Waals surface area contributed by atoms with E-state index in [0.717, 1.165) is 48.8 Å². The molecule has 0 aromatic heterocycles. The minimum Gasteiger partial charge on any atom is -0.354 e. The third kappa shape index (κ3) is 8.24. The van der Waals surface area contributed by atoms with Crippen LogP contribution in [0.5, 0.6) is 0 Å². The van der Waals surface area contributed by atoms with Crippen LogP contribution in [0.1, 0.15) is 74.1 Å². The van der Waals surface area contributed by atoms with Crippen LogP contribution in [0.2, 0.25) is 0 Å². The molecule has 0 unspecified atom stereocenters. The van der Waals surface area contributed by atoms with Crippen molar-refractivity contribution >= 4 is 21.8 Å². The Kier molecular flexibility index (Phi) is 11.0. The number of benzene rings is 3. The van der Waals surface area contributed by atoms with Crippen LogP contribution in [-0.2, 0) is 32.6 Å². The van der Waals surface area contributed by atoms with Crippen LogP contribution in [0.25, 0.3) is 0 Å². The van der Waals surface area contributed by atoms with Crippen molar-refractivity contribution in [1.82, 2.24) is 14.5 Å². The second-order valence-electron chi connectivity index (χ2n) is 11.7. The van der Waals surface area contributed by atoms with E-state index >= 15 is 0 Å². The van der Waals surface area contributed by atoms with Gasteiger partial charge in [0.15, 0.2) is 0 Å². The molecule has 5 rings (SSSR count). The quantitative estimate of drug-likeness (QED) is 0.233. The van der Waals surface area contributed by atoms with E-state index in [9.17, 15) is 18.0 Å². The van der Waals surface area contributed by atoms with E-state index < -0.39 is 16.1 Å². The Morgan fingerprint density at radius 2 is 1.48 bits per heavy atom. The third-order valence-electron chi connectivity index (χ3n) is 8.58. The van der Waals surface area contributed by atoms with Gasteiger partial charge in [-0.1, -0.05) is 84.4 Å². The first kappa shape index (κ1) is 31.7. The molecule has 0 bridgehead atoms. The molecular formula is C36H43N3O4S. The summed E-state index contributed by atoms with van der Waals surface area (Å²) in [5.41, 5.74) is 3.98. The van der Waals surface area contributed by atoms with E-state index in [1.807, 2.05) is 60.7 Å². The molecule has 1 fully saturated rings. The third-order valence-corrected chi connectivity index (χ3v) is 10.5. The lowest BCUT2D eigenvalue weighted by Gasteiger charge is -2.32. The fraction of sp³-hybridized carbons (Fsp3) is 0.389. The van der Waals surface area contributed by atoms with Crippen molar-refractivity contribution in [3.63, 3.8) is 0 Å². The molecule has 0 radical (unpaired) electrons. The second-order valence-corrected chi connectivity index (χ2v) is 13.7. The zero-order valence-electron chi connectivity index (χ0n) is 25.4. The highest BCUT2D eigenvalue weighted by Crippen LogP contribution is 2.26. The van der Waals surface area contributed by atoms with Crippen molar-refractivity contribution in [2.75, 3.05) is 19.6 Å². The Morgan fingerprint density at radius 3 is 2.14 bits per heavy atom. The molecule has 2 aliphatic rings. The van der Waals surface area contributed by atoms with Gasteiger partial charge in [-0.25, -0.2) is 8.42 Å². The molecule has 1 heterocycles. The molecule has 3 aromatic carbocycles. The number of nitrogens with one attached hydrogen (secondary N) is 1. The Hall–Kier alpha value is -3.75. The molecule has 232 valence electrons. The van der Waals surface area contributed by atoms with Crippen LogP contribution in [0.3, 0.4) is 0 Å². The summed E-state index contributed by atoms with van der Waals surface area (Å²) in [4.78, 5) is 29.8. The van der Waals surface area contributed by atoms with Gasteiger partial charge in [0.1, 0.15) is 6.04 Å². The average molecular weight is 614 g/mol. The Balaban J connectivity index is 1.32. The van der Waals surface area contributed by atoms with Gasteiger partial charge in [-0.05, 0) is 80.2 Å². The molecule has 1 aliphatic carbocycles. The number of rotatable bonds is 13. The number of hydrogen-bond acceptors (Lipinski definition) is 4. The predicted octanol–water partition coefficient (Wildman–Crippen LogP) is 6.18. The number of carbonyl (C=O) groups is 2. The van der Waals surface area contributed by atoms with Crippen molar-refractivity contribution in [3.05, 3.63) is 113 Å². The van der Waals surface area contributed by atoms with E-state index in [-0.39, 0.29) is 23.1 Å². The van der Waals surface area contributed by atoms with Gasteiger partial charge < -0.3 is 10.2 Å². The van der Waals surface area contributed by atoms with Gasteiger partial charge >= 0.3 is 0 Å². The maximum atomic E-state index is 14.0. The molecule has 7 nitrogen and oxygen atoms in total. The Bertz CT molecular complexity index is 1520. The molecule has 1 N–H and O–H groups in total. The summed E-state index contributed by atoms with van der Waals surface area (Å²) in [6.07, 6.45) is 10.1. The minimum absolute atomic E-state index is 0.137. The summed E-state index contributed by atoms with van der Waals surface area (Å²) >= 11 is 0. The number of carbonyl (C=O) groups excluding carboxylic acids is 2. The highest BCUT2D eigenvalue weighted by atomic mass is 32.2. The average Bonchev–Trinajstić information content (AvgIpc) is 3.62. The smallest absolute Gasteiger partial charge is 0.247 e. The van der Waals surface area contributed by atoms with Crippen LogP contribution >= 0.6 is 0 Å². The van der Waals surface area contributed by atoms with Gasteiger partial charge in [0, 0.05) is 32.6 Å². The van der Waals surface area contributed by atoms with Crippen molar-refractivity contribution in [2.24, 2.45) is 0 Å². The fourth-order valence-electron chi connectivity index (χ4n) is 6.09. The summed E-state index contributed by atoms with van der Waals surface area (Å²) in [7, 11) is -3.49. The highest BCUT2D eigenvalue weighted by molar-refractivity contribution is 7.89. The van der Waals surface area contributed by atoms with Crippen LogP contribution in [0.4, 0.5) is 0 Å². The molecule has 1 aliphatic heterocycles. The zero-order valence-corrected chi connectivity index (χ0v) is 26.2. The first-order valence-corrected chi connectivity index (χ1v) is 17.3. The minimum atomic E-state index is -3.49. The molecule has 2 amide bonds. The number of nitrogens with zero attached hydrogens (tertiary/aromatic N) is 2. The van der Waals surface area contributed by atoms with Crippen LogP contribution in [0, 0.1) is 0 Å². The highest BCUT2D eigenvalue weighted by Gasteiger charge is 2.31. The summed E-state index contributed by atoms with van der Waals surface area (Å²) < 4.78 is 27.4. The Morgan fingerprint density at radius 1 is 0.795 bits per heavy atom. The van der Waals surface area contributed by atoms with Crippen LogP contribution in [0.15, 0.2) is 101 Å². The topological polar surface area (TPSA) is 86.8 Å². The molecule has 8 heteroatoms. The zero-order chi connectivity index (χ0) is 30.8. The van der Waals surface area contributed by atoms with Gasteiger partial charge in [-0.15, -0.1) is 0 Å². The number of aryl methyl sites for hydroxylation is 1. The maximum absolute atomic E-state index is 14.0. The van der Waals surface area contributed by atoms with E-state index in [4.69, 9.17) is 0 Å². The van der Waals surface area contributed by atoms with Gasteiger partial charge in [-0.3, -0.25) is 9.59 Å². The van der Waals surface area contributed by atoms with E-state index in [0.29, 0.717) is 32.6 Å². The first-order valence-electron chi connectivity index (χ1n) is 15.8. The normalized spacial score (nSPS) is 16.2. The van der Waals surface area contributed by atoms with Crippen molar-refractivity contribution in [1.29, 1.82) is 0 Å². The van der Waals surface area contributed by atoms with E-state index in [1.54, 1.807) is 29.2 Å². The van der Waals surface area contributed by atoms with E-state index in [2.05, 4.69) is 11.4 Å². The molecule has 3 aromatic rings. The monoisotopic (exact) mass is 613 g/mol. The summed E-state index contributed by atoms with van der Waals surface area (Å²) in [6.45, 7) is 1.95. The predicted molar refractivity (Wildman–Crippen MR) is 173 cm³/mol. The van der Waals surface area contributed by atoms with Crippen LogP contribution in [-0.4, -0.2) is 49.1 Å². The van der Waals surface area contributed by atoms with Gasteiger partial charge in [0.05, 0.1) is 4.90 Å². The number of allylic oxidation sites excluding steroid dienone is 1. The van der Waals surface area contributed by atoms with Crippen molar-refractivity contribution in [3.8, 4) is 0 Å². The Labute approximate surface area is 262 Å². The number of hydrogen-bond donors (Lipinski definition) is 1. The first-order chi connectivity index (χ1) is 21.4. The van der Waals surface area contributed by atoms with Crippen molar-refractivity contribution in [2.45, 2.75) is 75.3 Å². The molecular weight excluding hydrogens is 570 g/mol. The van der Waals surface area contributed by atoms with Crippen molar-refractivity contribution < 1.29 is 18.0 Å². The summed E-state index contributed by atoms with van der Waals surface area (Å²) in [5.74, 6) is -0.324. The second kappa shape index (κ2) is 15.3. The molecule has 0 spiro atoms. The van der Waals surface area contributed by atoms with Gasteiger partial charge in [0.25, 0.3) is 0 Å². The number of sulfonamides is 1. The maximum Gasteiger partial charge on any atom is 0.247 e. The standard InChI is InChI=1S/C36H43N3O4S/c40-34(23-20-30-18-21-33(22-19-30)44(42,43)38-26-10-11-27-38)39(28-31-14-6-2-7-15-31)35(32-16-8-3-9-17-32)36(41)37-25-24-29-12-4-1-5-13-29/h2-3,6-9,12,14-19,21-22,35H,1,4-5,10-11,13,20,23-28H2,(H,37,41)/t35-/m1/s1. The lowest BCUT2D eigenvalue weighted by atomic mass is 9.97. The lowest BCUT2D eigenvalue weighted by molar-refractivity contribution is -0.141. The summed E-state index contributed by atoms with van der Waals surface area (Å²) in [5, 5.41) is 3.13. The SMILES string of the molecule is O=C(NCCC1=CCCCC1)[C@@H](c1ccccc1)N(Cc1ccccc1)C(=O)CCc1ccc(S(=O)(=O)N2CCCC2)cc1. The fourth-order valence-corrected chi connectivity index (χ4v) is 7.60. The van der Waals surface area contributed by atoms with E-state index in [1.165, 1.54) is 22.7 Å². The largest absolute Gasteiger partial charge is 0.354 e. The molecule has 0 saturated carbocycles. The lowest BCUT2D eigenvalue weighted by Crippen LogP contribution is -2.43. The number of amides is 2.